The summed E-state index contributed by atoms with van der Waals surface area (Å²) in [5.41, 5.74) is 1.25. The first-order chi connectivity index (χ1) is 12.9. The number of nitrogens with zero attached hydrogens (tertiary/aromatic N) is 1. The molecule has 1 amide bonds. The summed E-state index contributed by atoms with van der Waals surface area (Å²) in [7, 11) is 0. The zero-order valence-electron chi connectivity index (χ0n) is 14.9. The van der Waals surface area contributed by atoms with Crippen molar-refractivity contribution in [2.45, 2.75) is 25.9 Å². The van der Waals surface area contributed by atoms with Crippen LogP contribution in [0.25, 0.3) is 0 Å². The number of amides is 1. The molecule has 0 fully saturated rings. The van der Waals surface area contributed by atoms with Gasteiger partial charge in [-0.05, 0) is 37.1 Å². The van der Waals surface area contributed by atoms with Crippen molar-refractivity contribution in [2.24, 2.45) is 0 Å². The predicted octanol–water partition coefficient (Wildman–Crippen LogP) is 4.29. The molecule has 1 aromatic heterocycles. The van der Waals surface area contributed by atoms with Gasteiger partial charge in [0.15, 0.2) is 17.5 Å². The number of aromatic nitrogens is 1. The van der Waals surface area contributed by atoms with Crippen molar-refractivity contribution in [3.63, 3.8) is 0 Å². The van der Waals surface area contributed by atoms with E-state index in [1.807, 2.05) is 30.3 Å². The Hall–Kier alpha value is -3.06. The number of halogens is 2. The summed E-state index contributed by atoms with van der Waals surface area (Å²) in [6, 6.07) is 13.2. The summed E-state index contributed by atoms with van der Waals surface area (Å²) in [5.74, 6) is -1.31. The van der Waals surface area contributed by atoms with Crippen LogP contribution >= 0.6 is 0 Å². The van der Waals surface area contributed by atoms with Gasteiger partial charge in [-0.15, -0.1) is 0 Å². The second-order valence-corrected chi connectivity index (χ2v) is 6.22. The molecule has 140 valence electrons. The van der Waals surface area contributed by atoms with Crippen LogP contribution in [0.4, 0.5) is 14.6 Å². The summed E-state index contributed by atoms with van der Waals surface area (Å²) < 4.78 is 31.7. The Balaban J connectivity index is 1.83. The normalized spacial score (nSPS) is 13.2. The molecule has 0 aliphatic rings. The number of hydrogen-bond donors (Lipinski definition) is 2. The van der Waals surface area contributed by atoms with E-state index in [0.29, 0.717) is 17.1 Å². The fourth-order valence-corrected chi connectivity index (χ4v) is 2.72. The molecule has 7 heteroatoms. The molecule has 2 N–H and O–H groups in total. The second-order valence-electron chi connectivity index (χ2n) is 6.22. The van der Waals surface area contributed by atoms with Crippen molar-refractivity contribution in [1.82, 2.24) is 10.5 Å². The van der Waals surface area contributed by atoms with Crippen LogP contribution in [0.3, 0.4) is 0 Å². The summed E-state index contributed by atoms with van der Waals surface area (Å²) in [4.78, 5) is 12.8. The highest BCUT2D eigenvalue weighted by atomic mass is 19.2. The summed E-state index contributed by atoms with van der Waals surface area (Å²) in [6.45, 7) is 3.50. The van der Waals surface area contributed by atoms with Crippen LogP contribution in [-0.2, 0) is 4.79 Å². The minimum atomic E-state index is -0.931. The lowest BCUT2D eigenvalue weighted by Crippen LogP contribution is -2.34. The predicted molar refractivity (Wildman–Crippen MR) is 97.0 cm³/mol. The Morgan fingerprint density at radius 2 is 1.78 bits per heavy atom. The van der Waals surface area contributed by atoms with Gasteiger partial charge in [0, 0.05) is 12.1 Å². The van der Waals surface area contributed by atoms with Crippen LogP contribution in [0.2, 0.25) is 0 Å². The lowest BCUT2D eigenvalue weighted by Gasteiger charge is -2.23. The summed E-state index contributed by atoms with van der Waals surface area (Å²) in [6.07, 6.45) is 0. The standard InChI is InChI=1S/C20H19F2N3O2/c1-12-10-18(25-27-12)24-20(26)19(14-6-4-3-5-7-14)23-13(2)15-8-9-16(21)17(22)11-15/h3-11,13,19,23H,1-2H3,(H,24,25,26). The van der Waals surface area contributed by atoms with Crippen molar-refractivity contribution < 1.29 is 18.1 Å². The molecule has 2 aromatic carbocycles. The van der Waals surface area contributed by atoms with Crippen molar-refractivity contribution in [1.29, 1.82) is 0 Å². The average molecular weight is 371 g/mol. The van der Waals surface area contributed by atoms with Crippen molar-refractivity contribution in [2.75, 3.05) is 5.32 Å². The Bertz CT molecular complexity index is 928. The first-order valence-corrected chi connectivity index (χ1v) is 8.44. The van der Waals surface area contributed by atoms with E-state index in [4.69, 9.17) is 4.52 Å². The molecule has 0 radical (unpaired) electrons. The van der Waals surface area contributed by atoms with Gasteiger partial charge in [-0.25, -0.2) is 8.78 Å². The third-order valence-corrected chi connectivity index (χ3v) is 4.13. The topological polar surface area (TPSA) is 67.2 Å². The van der Waals surface area contributed by atoms with Crippen LogP contribution in [-0.4, -0.2) is 11.1 Å². The molecule has 1 heterocycles. The third-order valence-electron chi connectivity index (χ3n) is 4.13. The largest absolute Gasteiger partial charge is 0.360 e. The lowest BCUT2D eigenvalue weighted by atomic mass is 10.0. The molecule has 0 saturated heterocycles. The molecule has 5 nitrogen and oxygen atoms in total. The van der Waals surface area contributed by atoms with E-state index >= 15 is 0 Å². The van der Waals surface area contributed by atoms with E-state index < -0.39 is 23.7 Å². The third kappa shape index (κ3) is 4.57. The SMILES string of the molecule is Cc1cc(NC(=O)C(NC(C)c2ccc(F)c(F)c2)c2ccccc2)no1. The molecular formula is C20H19F2N3O2. The molecular weight excluding hydrogens is 352 g/mol. The lowest BCUT2D eigenvalue weighted by molar-refractivity contribution is -0.118. The van der Waals surface area contributed by atoms with Gasteiger partial charge in [0.1, 0.15) is 11.8 Å². The minimum absolute atomic E-state index is 0.306. The maximum atomic E-state index is 13.5. The molecule has 0 bridgehead atoms. The maximum Gasteiger partial charge on any atom is 0.247 e. The molecule has 0 saturated carbocycles. The molecule has 0 aliphatic carbocycles. The van der Waals surface area contributed by atoms with E-state index in [1.54, 1.807) is 19.9 Å². The number of aryl methyl sites for hydroxylation is 1. The van der Waals surface area contributed by atoms with E-state index in [0.717, 1.165) is 17.7 Å². The van der Waals surface area contributed by atoms with Gasteiger partial charge in [-0.1, -0.05) is 41.6 Å². The smallest absolute Gasteiger partial charge is 0.247 e. The Morgan fingerprint density at radius 1 is 1.04 bits per heavy atom. The van der Waals surface area contributed by atoms with E-state index in [9.17, 15) is 13.6 Å². The number of carbonyl (C=O) groups is 1. The van der Waals surface area contributed by atoms with Crippen LogP contribution in [0, 0.1) is 18.6 Å². The number of anilines is 1. The number of hydrogen-bond acceptors (Lipinski definition) is 4. The first kappa shape index (κ1) is 18.7. The van der Waals surface area contributed by atoms with Gasteiger partial charge in [0.25, 0.3) is 0 Å². The molecule has 27 heavy (non-hydrogen) atoms. The van der Waals surface area contributed by atoms with Gasteiger partial charge >= 0.3 is 0 Å². The van der Waals surface area contributed by atoms with Crippen LogP contribution < -0.4 is 10.6 Å². The zero-order chi connectivity index (χ0) is 19.4. The van der Waals surface area contributed by atoms with Gasteiger partial charge in [0.05, 0.1) is 0 Å². The van der Waals surface area contributed by atoms with Crippen LogP contribution in [0.5, 0.6) is 0 Å². The molecule has 0 spiro atoms. The molecule has 2 atom stereocenters. The van der Waals surface area contributed by atoms with Crippen LogP contribution in [0.15, 0.2) is 59.1 Å². The zero-order valence-corrected chi connectivity index (χ0v) is 14.9. The van der Waals surface area contributed by atoms with Gasteiger partial charge in [-0.3, -0.25) is 10.1 Å². The van der Waals surface area contributed by atoms with Gasteiger partial charge in [-0.2, -0.15) is 0 Å². The molecule has 3 aromatic rings. The van der Waals surface area contributed by atoms with Crippen molar-refractivity contribution >= 4 is 11.7 Å². The summed E-state index contributed by atoms with van der Waals surface area (Å²) in [5, 5.41) is 9.63. The number of benzene rings is 2. The highest BCUT2D eigenvalue weighted by Crippen LogP contribution is 2.22. The first-order valence-electron chi connectivity index (χ1n) is 8.44. The molecule has 2 unspecified atom stereocenters. The number of carbonyl (C=O) groups excluding carboxylic acids is 1. The monoisotopic (exact) mass is 371 g/mol. The Kier molecular flexibility index (Phi) is 5.61. The van der Waals surface area contributed by atoms with Crippen LogP contribution in [0.1, 0.15) is 35.9 Å². The second kappa shape index (κ2) is 8.09. The number of nitrogens with one attached hydrogen (secondary N) is 2. The highest BCUT2D eigenvalue weighted by Gasteiger charge is 2.24. The van der Waals surface area contributed by atoms with E-state index in [-0.39, 0.29) is 5.91 Å². The number of rotatable bonds is 6. The van der Waals surface area contributed by atoms with Gasteiger partial charge < -0.3 is 9.84 Å². The Morgan fingerprint density at radius 3 is 2.41 bits per heavy atom. The average Bonchev–Trinajstić information content (AvgIpc) is 3.07. The highest BCUT2D eigenvalue weighted by molar-refractivity contribution is 5.94. The fourth-order valence-electron chi connectivity index (χ4n) is 2.72. The quantitative estimate of drug-likeness (QED) is 0.678. The maximum absolute atomic E-state index is 13.5. The van der Waals surface area contributed by atoms with Crippen molar-refractivity contribution in [3.05, 3.63) is 83.1 Å². The van der Waals surface area contributed by atoms with Gasteiger partial charge in [0.2, 0.25) is 5.91 Å². The minimum Gasteiger partial charge on any atom is -0.360 e. The fraction of sp³-hybridized carbons (Fsp3) is 0.200. The Labute approximate surface area is 155 Å². The van der Waals surface area contributed by atoms with E-state index in [2.05, 4.69) is 15.8 Å². The van der Waals surface area contributed by atoms with E-state index in [1.165, 1.54) is 6.07 Å². The molecule has 0 aliphatic heterocycles. The van der Waals surface area contributed by atoms with Crippen molar-refractivity contribution in [3.8, 4) is 0 Å². The summed E-state index contributed by atoms with van der Waals surface area (Å²) >= 11 is 0. The molecule has 3 rings (SSSR count).